The van der Waals surface area contributed by atoms with E-state index in [-0.39, 0.29) is 19.1 Å². The van der Waals surface area contributed by atoms with E-state index < -0.39 is 0 Å². The summed E-state index contributed by atoms with van der Waals surface area (Å²) in [5.74, 6) is 1.85. The van der Waals surface area contributed by atoms with E-state index in [2.05, 4.69) is 20.5 Å². The van der Waals surface area contributed by atoms with Gasteiger partial charge < -0.3 is 25.2 Å². The van der Waals surface area contributed by atoms with Crippen molar-refractivity contribution < 1.29 is 19.4 Å². The average Bonchev–Trinajstić information content (AvgIpc) is 2.82. The van der Waals surface area contributed by atoms with Crippen molar-refractivity contribution >= 4 is 23.3 Å². The van der Waals surface area contributed by atoms with E-state index in [1.165, 1.54) is 0 Å². The molecular weight excluding hydrogens is 444 g/mol. The summed E-state index contributed by atoms with van der Waals surface area (Å²) in [6.45, 7) is 7.84. The predicted octanol–water partition coefficient (Wildman–Crippen LogP) is 3.33. The minimum atomic E-state index is -0.237. The van der Waals surface area contributed by atoms with Crippen LogP contribution in [0.15, 0.2) is 30.5 Å². The maximum Gasteiger partial charge on any atom is 0.252 e. The fraction of sp³-hybridized carbons (Fsp3) is 0.500. The smallest absolute Gasteiger partial charge is 0.252 e. The molecule has 0 radical (unpaired) electrons. The quantitative estimate of drug-likeness (QED) is 0.457. The summed E-state index contributed by atoms with van der Waals surface area (Å²) < 4.78 is 11.4. The number of ether oxygens (including phenoxy) is 2. The lowest BCUT2D eigenvalue weighted by molar-refractivity contribution is 0.0944. The third kappa shape index (κ3) is 7.22. The van der Waals surface area contributed by atoms with E-state index in [0.717, 1.165) is 43.9 Å². The van der Waals surface area contributed by atoms with Gasteiger partial charge in [-0.3, -0.25) is 9.69 Å². The molecule has 3 rings (SSSR count). The number of piperidine rings is 1. The number of hydrogen-bond acceptors (Lipinski definition) is 7. The van der Waals surface area contributed by atoms with Crippen LogP contribution in [0.5, 0.6) is 11.5 Å². The van der Waals surface area contributed by atoms with E-state index in [1.807, 2.05) is 32.0 Å². The summed E-state index contributed by atoms with van der Waals surface area (Å²) in [5, 5.41) is 15.4. The predicted molar refractivity (Wildman–Crippen MR) is 129 cm³/mol. The van der Waals surface area contributed by atoms with Crippen LogP contribution in [0.1, 0.15) is 42.6 Å². The van der Waals surface area contributed by atoms with Crippen LogP contribution in [0.3, 0.4) is 0 Å². The summed E-state index contributed by atoms with van der Waals surface area (Å²) in [6.07, 6.45) is 3.53. The van der Waals surface area contributed by atoms with Crippen molar-refractivity contribution in [3.63, 3.8) is 0 Å². The van der Waals surface area contributed by atoms with E-state index in [4.69, 9.17) is 26.2 Å². The number of hydrogen-bond donors (Lipinski definition) is 3. The molecule has 1 fully saturated rings. The monoisotopic (exact) mass is 476 g/mol. The molecule has 180 valence electrons. The Bertz CT molecular complexity index is 875. The fourth-order valence-electron chi connectivity index (χ4n) is 3.83. The lowest BCUT2D eigenvalue weighted by Crippen LogP contribution is -2.38. The second kappa shape index (κ2) is 12.6. The molecule has 1 aliphatic rings. The second-order valence-corrected chi connectivity index (χ2v) is 8.26. The zero-order chi connectivity index (χ0) is 23.6. The van der Waals surface area contributed by atoms with E-state index in [1.54, 1.807) is 12.3 Å². The highest BCUT2D eigenvalue weighted by molar-refractivity contribution is 6.33. The zero-order valence-electron chi connectivity index (χ0n) is 19.3. The number of anilines is 1. The number of aliphatic hydroxyl groups is 1. The number of aliphatic hydroxyl groups excluding tert-OH is 1. The summed E-state index contributed by atoms with van der Waals surface area (Å²) in [4.78, 5) is 18.7. The van der Waals surface area contributed by atoms with Gasteiger partial charge in [0, 0.05) is 38.4 Å². The third-order valence-electron chi connectivity index (χ3n) is 5.43. The Morgan fingerprint density at radius 1 is 1.18 bits per heavy atom. The minimum Gasteiger partial charge on any atom is -0.492 e. The number of nitrogens with one attached hydrogen (secondary N) is 2. The number of amides is 1. The van der Waals surface area contributed by atoms with Gasteiger partial charge in [0.25, 0.3) is 5.91 Å². The second-order valence-electron chi connectivity index (χ2n) is 7.88. The average molecular weight is 477 g/mol. The highest BCUT2D eigenvalue weighted by Crippen LogP contribution is 2.36. The van der Waals surface area contributed by atoms with Crippen LogP contribution >= 0.6 is 11.6 Å². The molecule has 0 bridgehead atoms. The van der Waals surface area contributed by atoms with Crippen molar-refractivity contribution in [2.24, 2.45) is 0 Å². The molecule has 1 saturated heterocycles. The number of aromatic nitrogens is 1. The van der Waals surface area contributed by atoms with Crippen molar-refractivity contribution in [2.75, 3.05) is 44.8 Å². The summed E-state index contributed by atoms with van der Waals surface area (Å²) in [7, 11) is 0. The number of carbonyl (C=O) groups is 1. The van der Waals surface area contributed by atoms with Crippen molar-refractivity contribution in [1.29, 1.82) is 0 Å². The summed E-state index contributed by atoms with van der Waals surface area (Å²) in [6, 6.07) is 7.88. The van der Waals surface area contributed by atoms with Crippen LogP contribution in [0.25, 0.3) is 0 Å². The number of likely N-dealkylation sites (tertiary alicyclic amines) is 1. The van der Waals surface area contributed by atoms with Crippen molar-refractivity contribution in [3.05, 3.63) is 46.6 Å². The number of rotatable bonds is 11. The van der Waals surface area contributed by atoms with Crippen LogP contribution < -0.4 is 20.1 Å². The molecule has 1 aromatic heterocycles. The number of carbonyl (C=O) groups excluding carboxylic acids is 1. The fourth-order valence-corrected chi connectivity index (χ4v) is 4.04. The van der Waals surface area contributed by atoms with Gasteiger partial charge in [0.1, 0.15) is 22.3 Å². The van der Waals surface area contributed by atoms with Crippen LogP contribution in [-0.2, 0) is 6.54 Å². The lowest BCUT2D eigenvalue weighted by Gasteiger charge is -2.32. The van der Waals surface area contributed by atoms with Crippen LogP contribution in [0.2, 0.25) is 5.02 Å². The van der Waals surface area contributed by atoms with Gasteiger partial charge in [-0.1, -0.05) is 11.6 Å². The molecule has 2 heterocycles. The number of nitrogens with zero attached hydrogens (tertiary/aromatic N) is 2. The van der Waals surface area contributed by atoms with Gasteiger partial charge in [0.2, 0.25) is 0 Å². The molecule has 1 aromatic carbocycles. The molecule has 8 nitrogen and oxygen atoms in total. The molecule has 0 aliphatic carbocycles. The number of pyridine rings is 1. The summed E-state index contributed by atoms with van der Waals surface area (Å²) in [5.41, 5.74) is 1.60. The normalized spacial score (nSPS) is 14.7. The Hall–Kier alpha value is -2.55. The van der Waals surface area contributed by atoms with Crippen LogP contribution in [-0.4, -0.2) is 66.4 Å². The van der Waals surface area contributed by atoms with E-state index in [0.29, 0.717) is 41.3 Å². The highest BCUT2D eigenvalue weighted by Gasteiger charge is 2.21. The van der Waals surface area contributed by atoms with Crippen LogP contribution in [0, 0.1) is 0 Å². The first kappa shape index (κ1) is 25.1. The largest absolute Gasteiger partial charge is 0.492 e. The maximum atomic E-state index is 11.9. The Kier molecular flexibility index (Phi) is 9.60. The SMILES string of the molecule is CCOc1cc(CN2CCC(Nc3ccc(C(=O)NCCO)cn3)CC2)cc(OCC)c1Cl. The molecule has 3 N–H and O–H groups in total. The third-order valence-corrected chi connectivity index (χ3v) is 5.81. The van der Waals surface area contributed by atoms with Crippen molar-refractivity contribution in [1.82, 2.24) is 15.2 Å². The first-order valence-corrected chi connectivity index (χ1v) is 11.8. The Morgan fingerprint density at radius 3 is 2.39 bits per heavy atom. The van der Waals surface area contributed by atoms with Gasteiger partial charge in [0.15, 0.2) is 0 Å². The van der Waals surface area contributed by atoms with Gasteiger partial charge >= 0.3 is 0 Å². The maximum absolute atomic E-state index is 11.9. The molecule has 2 aromatic rings. The van der Waals surface area contributed by atoms with Crippen molar-refractivity contribution in [3.8, 4) is 11.5 Å². The van der Waals surface area contributed by atoms with Gasteiger partial charge in [-0.15, -0.1) is 0 Å². The van der Waals surface area contributed by atoms with Gasteiger partial charge in [-0.2, -0.15) is 0 Å². The molecule has 0 atom stereocenters. The molecule has 9 heteroatoms. The molecular formula is C24H33ClN4O4. The van der Waals surface area contributed by atoms with Crippen molar-refractivity contribution in [2.45, 2.75) is 39.3 Å². The van der Waals surface area contributed by atoms with Gasteiger partial charge in [0.05, 0.1) is 25.4 Å². The van der Waals surface area contributed by atoms with E-state index in [9.17, 15) is 4.79 Å². The Morgan fingerprint density at radius 2 is 1.85 bits per heavy atom. The lowest BCUT2D eigenvalue weighted by atomic mass is 10.0. The highest BCUT2D eigenvalue weighted by atomic mass is 35.5. The molecule has 1 amide bonds. The first-order valence-electron chi connectivity index (χ1n) is 11.5. The molecule has 0 saturated carbocycles. The Balaban J connectivity index is 1.52. The molecule has 0 unspecified atom stereocenters. The van der Waals surface area contributed by atoms with Gasteiger partial charge in [-0.25, -0.2) is 4.98 Å². The molecule has 1 aliphatic heterocycles. The number of halogens is 1. The zero-order valence-corrected chi connectivity index (χ0v) is 20.0. The molecule has 0 spiro atoms. The standard InChI is InChI=1S/C24H33ClN4O4/c1-3-32-20-13-17(14-21(23(20)25)33-4-2)16-29-10-7-19(8-11-29)28-22-6-5-18(15-27-22)24(31)26-9-12-30/h5-6,13-15,19,30H,3-4,7-12,16H2,1-2H3,(H,26,31)(H,27,28). The topological polar surface area (TPSA) is 96.0 Å². The Labute approximate surface area is 200 Å². The van der Waals surface area contributed by atoms with Crippen LogP contribution in [0.4, 0.5) is 5.82 Å². The molecule has 33 heavy (non-hydrogen) atoms. The first-order chi connectivity index (χ1) is 16.0. The minimum absolute atomic E-state index is 0.0864. The summed E-state index contributed by atoms with van der Waals surface area (Å²) >= 11 is 6.42. The van der Waals surface area contributed by atoms with Gasteiger partial charge in [-0.05, 0) is 56.5 Å². The van der Waals surface area contributed by atoms with E-state index >= 15 is 0 Å². The number of benzene rings is 1.